The van der Waals surface area contributed by atoms with Crippen LogP contribution < -0.4 is 9.47 Å². The highest BCUT2D eigenvalue weighted by atomic mass is 16.5. The fourth-order valence-corrected chi connectivity index (χ4v) is 3.85. The fourth-order valence-electron chi connectivity index (χ4n) is 3.85. The van der Waals surface area contributed by atoms with E-state index < -0.39 is 17.8 Å². The molecule has 0 radical (unpaired) electrons. The SMILES string of the molecule is COC(=O)C1C(C)=NC2=C(C(=O)CCC2)[C@@H]1c1ccc(OC)c(OC)c1. The van der Waals surface area contributed by atoms with Gasteiger partial charge in [0.1, 0.15) is 5.92 Å². The number of esters is 1. The smallest absolute Gasteiger partial charge is 0.315 e. The van der Waals surface area contributed by atoms with Crippen LogP contribution >= 0.6 is 0 Å². The molecular weight excluding hydrogens is 334 g/mol. The maximum Gasteiger partial charge on any atom is 0.315 e. The summed E-state index contributed by atoms with van der Waals surface area (Å²) in [5.41, 5.74) is 2.91. The van der Waals surface area contributed by atoms with E-state index in [1.807, 2.05) is 19.1 Å². The van der Waals surface area contributed by atoms with Crippen LogP contribution in [0.4, 0.5) is 0 Å². The second-order valence-electron chi connectivity index (χ2n) is 6.48. The molecule has 1 unspecified atom stereocenters. The van der Waals surface area contributed by atoms with E-state index in [4.69, 9.17) is 14.2 Å². The van der Waals surface area contributed by atoms with Crippen molar-refractivity contribution in [3.05, 3.63) is 35.0 Å². The Morgan fingerprint density at radius 1 is 1.12 bits per heavy atom. The van der Waals surface area contributed by atoms with Crippen LogP contribution in [0.2, 0.25) is 0 Å². The Balaban J connectivity index is 2.19. The summed E-state index contributed by atoms with van der Waals surface area (Å²) < 4.78 is 15.7. The van der Waals surface area contributed by atoms with Crippen molar-refractivity contribution in [1.29, 1.82) is 0 Å². The summed E-state index contributed by atoms with van der Waals surface area (Å²) in [7, 11) is 4.48. The number of Topliss-reactive ketones (excluding diaryl/α,β-unsaturated/α-hetero) is 1. The van der Waals surface area contributed by atoms with Crippen LogP contribution in [0.1, 0.15) is 37.7 Å². The monoisotopic (exact) mass is 357 g/mol. The number of aliphatic imine (C=N–C) groups is 1. The lowest BCUT2D eigenvalue weighted by Crippen LogP contribution is -2.36. The molecule has 138 valence electrons. The third kappa shape index (κ3) is 3.00. The van der Waals surface area contributed by atoms with E-state index in [9.17, 15) is 9.59 Å². The van der Waals surface area contributed by atoms with E-state index in [1.165, 1.54) is 7.11 Å². The third-order valence-electron chi connectivity index (χ3n) is 5.06. The number of methoxy groups -OCH3 is 3. The molecule has 0 bridgehead atoms. The lowest BCUT2D eigenvalue weighted by molar-refractivity contribution is -0.143. The van der Waals surface area contributed by atoms with Crippen molar-refractivity contribution in [2.75, 3.05) is 21.3 Å². The summed E-state index contributed by atoms with van der Waals surface area (Å²) >= 11 is 0. The van der Waals surface area contributed by atoms with Crippen molar-refractivity contribution >= 4 is 17.5 Å². The number of rotatable bonds is 4. The molecule has 0 aromatic heterocycles. The molecular formula is C20H23NO5. The van der Waals surface area contributed by atoms with Crippen LogP contribution in [0.25, 0.3) is 0 Å². The summed E-state index contributed by atoms with van der Waals surface area (Å²) in [6.07, 6.45) is 2.01. The molecule has 1 aliphatic carbocycles. The summed E-state index contributed by atoms with van der Waals surface area (Å²) in [5.74, 6) is -0.246. The summed E-state index contributed by atoms with van der Waals surface area (Å²) in [6, 6.07) is 5.48. The highest BCUT2D eigenvalue weighted by Gasteiger charge is 2.43. The lowest BCUT2D eigenvalue weighted by atomic mass is 9.71. The lowest BCUT2D eigenvalue weighted by Gasteiger charge is -2.34. The number of hydrogen-bond acceptors (Lipinski definition) is 6. The van der Waals surface area contributed by atoms with E-state index in [0.29, 0.717) is 29.2 Å². The minimum absolute atomic E-state index is 0.0520. The summed E-state index contributed by atoms with van der Waals surface area (Å²) in [5, 5.41) is 0. The van der Waals surface area contributed by atoms with Crippen LogP contribution in [0.5, 0.6) is 11.5 Å². The molecule has 0 saturated carbocycles. The molecule has 1 aliphatic heterocycles. The van der Waals surface area contributed by atoms with Crippen LogP contribution in [0, 0.1) is 5.92 Å². The fraction of sp³-hybridized carbons (Fsp3) is 0.450. The normalized spacial score (nSPS) is 22.5. The average Bonchev–Trinajstić information content (AvgIpc) is 2.66. The van der Waals surface area contributed by atoms with Crippen molar-refractivity contribution in [2.45, 2.75) is 32.1 Å². The van der Waals surface area contributed by atoms with Gasteiger partial charge in [-0.15, -0.1) is 0 Å². The van der Waals surface area contributed by atoms with Crippen LogP contribution in [-0.2, 0) is 14.3 Å². The van der Waals surface area contributed by atoms with Gasteiger partial charge in [0.05, 0.1) is 21.3 Å². The Bertz CT molecular complexity index is 808. The topological polar surface area (TPSA) is 74.2 Å². The van der Waals surface area contributed by atoms with Crippen LogP contribution in [0.15, 0.2) is 34.5 Å². The number of carbonyl (C=O) groups is 2. The second kappa shape index (κ2) is 7.32. The molecule has 6 heteroatoms. The number of nitrogens with zero attached hydrogens (tertiary/aromatic N) is 1. The van der Waals surface area contributed by atoms with Crippen molar-refractivity contribution in [1.82, 2.24) is 0 Å². The van der Waals surface area contributed by atoms with Crippen molar-refractivity contribution < 1.29 is 23.8 Å². The molecule has 26 heavy (non-hydrogen) atoms. The predicted molar refractivity (Wildman–Crippen MR) is 96.8 cm³/mol. The van der Waals surface area contributed by atoms with Crippen molar-refractivity contribution in [3.63, 3.8) is 0 Å². The Morgan fingerprint density at radius 3 is 2.50 bits per heavy atom. The molecule has 0 amide bonds. The second-order valence-corrected chi connectivity index (χ2v) is 6.48. The molecule has 0 fully saturated rings. The van der Waals surface area contributed by atoms with Crippen molar-refractivity contribution in [2.24, 2.45) is 10.9 Å². The molecule has 1 aromatic carbocycles. The first-order valence-corrected chi connectivity index (χ1v) is 8.63. The van der Waals surface area contributed by atoms with Gasteiger partial charge < -0.3 is 14.2 Å². The zero-order valence-corrected chi connectivity index (χ0v) is 15.5. The van der Waals surface area contributed by atoms with Gasteiger partial charge in [-0.1, -0.05) is 6.07 Å². The number of ketones is 1. The summed E-state index contributed by atoms with van der Waals surface area (Å²) in [4.78, 5) is 29.8. The maximum atomic E-state index is 12.7. The molecule has 0 N–H and O–H groups in total. The number of hydrogen-bond donors (Lipinski definition) is 0. The standard InChI is InChI=1S/C20H23NO5/c1-11-17(20(23)26-4)18(19-13(21-11)6-5-7-14(19)22)12-8-9-15(24-2)16(10-12)25-3/h8-10,17-18H,5-7H2,1-4H3/t17?,18-/m1/s1. The van der Waals surface area contributed by atoms with E-state index >= 15 is 0 Å². The molecule has 6 nitrogen and oxygen atoms in total. The van der Waals surface area contributed by atoms with E-state index in [2.05, 4.69) is 4.99 Å². The zero-order valence-electron chi connectivity index (χ0n) is 15.5. The van der Waals surface area contributed by atoms with Crippen molar-refractivity contribution in [3.8, 4) is 11.5 Å². The first-order valence-electron chi connectivity index (χ1n) is 8.63. The third-order valence-corrected chi connectivity index (χ3v) is 5.06. The van der Waals surface area contributed by atoms with E-state index in [1.54, 1.807) is 20.3 Å². The van der Waals surface area contributed by atoms with Gasteiger partial charge >= 0.3 is 5.97 Å². The summed E-state index contributed by atoms with van der Waals surface area (Å²) in [6.45, 7) is 1.82. The van der Waals surface area contributed by atoms with Crippen LogP contribution in [0.3, 0.4) is 0 Å². The molecule has 1 heterocycles. The van der Waals surface area contributed by atoms with E-state index in [-0.39, 0.29) is 5.78 Å². The van der Waals surface area contributed by atoms with Gasteiger partial charge in [0.25, 0.3) is 0 Å². The minimum Gasteiger partial charge on any atom is -0.493 e. The Kier molecular flexibility index (Phi) is 5.11. The minimum atomic E-state index is -0.626. The quantitative estimate of drug-likeness (QED) is 0.774. The van der Waals surface area contributed by atoms with Gasteiger partial charge in [0.15, 0.2) is 17.3 Å². The molecule has 2 atom stereocenters. The van der Waals surface area contributed by atoms with Gasteiger partial charge in [-0.25, -0.2) is 0 Å². The maximum absolute atomic E-state index is 12.7. The molecule has 0 spiro atoms. The molecule has 1 aromatic rings. The highest BCUT2D eigenvalue weighted by molar-refractivity contribution is 6.08. The van der Waals surface area contributed by atoms with Gasteiger partial charge in [-0.2, -0.15) is 0 Å². The largest absolute Gasteiger partial charge is 0.493 e. The zero-order chi connectivity index (χ0) is 18.8. The Labute approximate surface area is 152 Å². The Morgan fingerprint density at radius 2 is 1.85 bits per heavy atom. The predicted octanol–water partition coefficient (Wildman–Crippen LogP) is 3.06. The van der Waals surface area contributed by atoms with Gasteiger partial charge in [-0.3, -0.25) is 14.6 Å². The van der Waals surface area contributed by atoms with Gasteiger partial charge in [0.2, 0.25) is 0 Å². The molecule has 0 saturated heterocycles. The average molecular weight is 357 g/mol. The number of carbonyl (C=O) groups excluding carboxylic acids is 2. The first kappa shape index (κ1) is 18.2. The van der Waals surface area contributed by atoms with Crippen LogP contribution in [-0.4, -0.2) is 38.8 Å². The number of benzene rings is 1. The Hall–Kier alpha value is -2.63. The first-order chi connectivity index (χ1) is 12.5. The highest BCUT2D eigenvalue weighted by Crippen LogP contribution is 2.45. The van der Waals surface area contributed by atoms with Gasteiger partial charge in [-0.05, 0) is 37.5 Å². The number of allylic oxidation sites excluding steroid dienone is 2. The van der Waals surface area contributed by atoms with E-state index in [0.717, 1.165) is 24.1 Å². The van der Waals surface area contributed by atoms with Gasteiger partial charge in [0, 0.05) is 29.3 Å². The molecule has 2 aliphatic rings. The molecule has 3 rings (SSSR count). The number of ether oxygens (including phenoxy) is 3.